The van der Waals surface area contributed by atoms with Gasteiger partial charge in [-0.05, 0) is 46.9 Å². The van der Waals surface area contributed by atoms with Gasteiger partial charge < -0.3 is 4.98 Å². The van der Waals surface area contributed by atoms with Crippen molar-refractivity contribution in [2.24, 2.45) is 0 Å². The molecule has 0 aliphatic carbocycles. The summed E-state index contributed by atoms with van der Waals surface area (Å²) in [5, 5.41) is 0. The minimum atomic E-state index is -4.35. The van der Waals surface area contributed by atoms with Crippen molar-refractivity contribution >= 4 is 33.6 Å². The van der Waals surface area contributed by atoms with Gasteiger partial charge in [-0.3, -0.25) is 0 Å². The number of aromatic nitrogens is 2. The van der Waals surface area contributed by atoms with E-state index in [1.807, 2.05) is 24.3 Å². The summed E-state index contributed by atoms with van der Waals surface area (Å²) in [6.45, 7) is 0. The first-order valence-electron chi connectivity index (χ1n) is 5.77. The molecule has 0 saturated carbocycles. The van der Waals surface area contributed by atoms with Crippen molar-refractivity contribution in [3.63, 3.8) is 0 Å². The fraction of sp³-hybridized carbons (Fsp3) is 0.0714. The third-order valence-electron chi connectivity index (χ3n) is 2.94. The van der Waals surface area contributed by atoms with Crippen molar-refractivity contribution in [2.75, 3.05) is 0 Å². The van der Waals surface area contributed by atoms with Gasteiger partial charge in [0.05, 0.1) is 16.6 Å². The molecule has 3 aromatic rings. The van der Waals surface area contributed by atoms with Crippen LogP contribution in [-0.2, 0) is 6.18 Å². The van der Waals surface area contributed by atoms with Gasteiger partial charge in [0.1, 0.15) is 5.82 Å². The number of alkyl halides is 3. The molecule has 0 atom stereocenters. The summed E-state index contributed by atoms with van der Waals surface area (Å²) in [4.78, 5) is 7.29. The normalized spacial score (nSPS) is 12.0. The smallest absolute Gasteiger partial charge is 0.338 e. The van der Waals surface area contributed by atoms with Crippen LogP contribution in [0.2, 0.25) is 0 Å². The first-order valence-corrected chi connectivity index (χ1v) is 6.85. The van der Waals surface area contributed by atoms with E-state index in [1.165, 1.54) is 6.07 Å². The molecule has 3 rings (SSSR count). The molecule has 0 amide bonds. The first kappa shape index (κ1) is 13.4. The average Bonchev–Trinajstić information content (AvgIpc) is 2.80. The number of nitrogens with zero attached hydrogens (tertiary/aromatic N) is 1. The minimum absolute atomic E-state index is 0.384. The molecular weight excluding hydrogens is 380 g/mol. The Hall–Kier alpha value is -1.57. The molecule has 6 heteroatoms. The zero-order chi connectivity index (χ0) is 14.3. The lowest BCUT2D eigenvalue weighted by molar-refractivity contribution is -0.137. The summed E-state index contributed by atoms with van der Waals surface area (Å²) in [6, 6.07) is 11.1. The van der Waals surface area contributed by atoms with E-state index in [9.17, 15) is 13.2 Å². The monoisotopic (exact) mass is 388 g/mol. The molecule has 0 unspecified atom stereocenters. The Kier molecular flexibility index (Phi) is 3.19. The number of halogens is 4. The SMILES string of the molecule is FC(F)(F)c1ccc2nc(-c3ccccc3I)[nH]c2c1. The van der Waals surface area contributed by atoms with E-state index in [0.29, 0.717) is 16.9 Å². The molecule has 0 aliphatic rings. The average molecular weight is 388 g/mol. The van der Waals surface area contributed by atoms with Crippen molar-refractivity contribution in [2.45, 2.75) is 6.18 Å². The van der Waals surface area contributed by atoms with Crippen LogP contribution in [0.4, 0.5) is 13.2 Å². The number of H-pyrrole nitrogens is 1. The van der Waals surface area contributed by atoms with Crippen LogP contribution in [0.1, 0.15) is 5.56 Å². The number of hydrogen-bond donors (Lipinski definition) is 1. The quantitative estimate of drug-likeness (QED) is 0.593. The summed E-state index contributed by atoms with van der Waals surface area (Å²) in [5.74, 6) is 0.573. The Morgan fingerprint density at radius 3 is 2.50 bits per heavy atom. The van der Waals surface area contributed by atoms with Crippen LogP contribution in [0, 0.1) is 3.57 Å². The summed E-state index contributed by atoms with van der Waals surface area (Å²) < 4.78 is 39.0. The van der Waals surface area contributed by atoms with Crippen LogP contribution in [0.5, 0.6) is 0 Å². The Bertz CT molecular complexity index is 777. The summed E-state index contributed by atoms with van der Waals surface area (Å²) >= 11 is 2.17. The highest BCUT2D eigenvalue weighted by Gasteiger charge is 2.30. The largest absolute Gasteiger partial charge is 0.416 e. The summed E-state index contributed by atoms with van der Waals surface area (Å²) in [5.41, 5.74) is 1.10. The van der Waals surface area contributed by atoms with Gasteiger partial charge in [-0.2, -0.15) is 13.2 Å². The molecule has 0 radical (unpaired) electrons. The number of hydrogen-bond acceptors (Lipinski definition) is 1. The first-order chi connectivity index (χ1) is 9.45. The zero-order valence-corrected chi connectivity index (χ0v) is 12.2. The molecule has 0 spiro atoms. The lowest BCUT2D eigenvalue weighted by atomic mass is 10.2. The summed E-state index contributed by atoms with van der Waals surface area (Å²) in [7, 11) is 0. The molecule has 0 fully saturated rings. The van der Waals surface area contributed by atoms with E-state index in [1.54, 1.807) is 0 Å². The van der Waals surface area contributed by atoms with Gasteiger partial charge in [0.15, 0.2) is 0 Å². The fourth-order valence-corrected chi connectivity index (χ4v) is 2.61. The maximum Gasteiger partial charge on any atom is 0.416 e. The van der Waals surface area contributed by atoms with Crippen molar-refractivity contribution in [3.8, 4) is 11.4 Å². The predicted octanol–water partition coefficient (Wildman–Crippen LogP) is 4.85. The maximum absolute atomic E-state index is 12.7. The van der Waals surface area contributed by atoms with Crippen LogP contribution in [-0.4, -0.2) is 9.97 Å². The van der Waals surface area contributed by atoms with Gasteiger partial charge in [0.2, 0.25) is 0 Å². The molecule has 20 heavy (non-hydrogen) atoms. The van der Waals surface area contributed by atoms with E-state index in [4.69, 9.17) is 0 Å². The minimum Gasteiger partial charge on any atom is -0.338 e. The molecule has 1 N–H and O–H groups in total. The molecule has 0 aliphatic heterocycles. The number of aromatic amines is 1. The Balaban J connectivity index is 2.14. The Morgan fingerprint density at radius 1 is 1.05 bits per heavy atom. The van der Waals surface area contributed by atoms with E-state index < -0.39 is 11.7 Å². The highest BCUT2D eigenvalue weighted by Crippen LogP contribution is 2.32. The predicted molar refractivity (Wildman–Crippen MR) is 79.2 cm³/mol. The lowest BCUT2D eigenvalue weighted by Gasteiger charge is -2.05. The van der Waals surface area contributed by atoms with Gasteiger partial charge >= 0.3 is 6.18 Å². The maximum atomic E-state index is 12.7. The topological polar surface area (TPSA) is 28.7 Å². The summed E-state index contributed by atoms with van der Waals surface area (Å²) in [6.07, 6.45) is -4.35. The Morgan fingerprint density at radius 2 is 1.80 bits per heavy atom. The fourth-order valence-electron chi connectivity index (χ4n) is 1.97. The van der Waals surface area contributed by atoms with Gasteiger partial charge in [-0.1, -0.05) is 18.2 Å². The molecule has 2 aromatic carbocycles. The van der Waals surface area contributed by atoms with Crippen molar-refractivity contribution in [1.82, 2.24) is 9.97 Å². The lowest BCUT2D eigenvalue weighted by Crippen LogP contribution is -2.04. The molecule has 1 aromatic heterocycles. The second kappa shape index (κ2) is 4.76. The van der Waals surface area contributed by atoms with Gasteiger partial charge in [0.25, 0.3) is 0 Å². The molecule has 0 bridgehead atoms. The third-order valence-corrected chi connectivity index (χ3v) is 3.88. The van der Waals surface area contributed by atoms with Crippen LogP contribution >= 0.6 is 22.6 Å². The van der Waals surface area contributed by atoms with Crippen LogP contribution in [0.25, 0.3) is 22.4 Å². The van der Waals surface area contributed by atoms with Crippen molar-refractivity contribution < 1.29 is 13.2 Å². The van der Waals surface area contributed by atoms with E-state index >= 15 is 0 Å². The molecule has 0 saturated heterocycles. The third kappa shape index (κ3) is 2.39. The van der Waals surface area contributed by atoms with Gasteiger partial charge in [-0.15, -0.1) is 0 Å². The zero-order valence-electron chi connectivity index (χ0n) is 10.0. The number of benzene rings is 2. The van der Waals surface area contributed by atoms with Gasteiger partial charge in [-0.25, -0.2) is 4.98 Å². The molecular formula is C14H8F3IN2. The molecule has 1 heterocycles. The number of imidazole rings is 1. The van der Waals surface area contributed by atoms with E-state index in [-0.39, 0.29) is 0 Å². The van der Waals surface area contributed by atoms with E-state index in [0.717, 1.165) is 21.3 Å². The van der Waals surface area contributed by atoms with Crippen LogP contribution in [0.3, 0.4) is 0 Å². The van der Waals surface area contributed by atoms with Gasteiger partial charge in [0, 0.05) is 9.13 Å². The molecule has 2 nitrogen and oxygen atoms in total. The second-order valence-electron chi connectivity index (χ2n) is 4.29. The van der Waals surface area contributed by atoms with Crippen molar-refractivity contribution in [1.29, 1.82) is 0 Å². The number of fused-ring (bicyclic) bond motifs is 1. The standard InChI is InChI=1S/C14H8F3IN2/c15-14(16,17)8-5-6-11-12(7-8)20-13(19-11)9-3-1-2-4-10(9)18/h1-7H,(H,19,20). The van der Waals surface area contributed by atoms with Crippen molar-refractivity contribution in [3.05, 3.63) is 51.6 Å². The van der Waals surface area contributed by atoms with Crippen LogP contribution in [0.15, 0.2) is 42.5 Å². The number of rotatable bonds is 1. The molecule has 102 valence electrons. The highest BCUT2D eigenvalue weighted by atomic mass is 127. The highest BCUT2D eigenvalue weighted by molar-refractivity contribution is 14.1. The number of nitrogens with one attached hydrogen (secondary N) is 1. The van der Waals surface area contributed by atoms with Crippen LogP contribution < -0.4 is 0 Å². The second-order valence-corrected chi connectivity index (χ2v) is 5.46. The Labute approximate surface area is 126 Å². The van der Waals surface area contributed by atoms with E-state index in [2.05, 4.69) is 32.6 Å².